The zero-order valence-corrected chi connectivity index (χ0v) is 19.0. The second-order valence-electron chi connectivity index (χ2n) is 7.59. The van der Waals surface area contributed by atoms with Crippen LogP contribution >= 0.6 is 22.6 Å². The monoisotopic (exact) mass is 592 g/mol. The number of carbonyl (C=O) groups excluding carboxylic acids is 2. The Morgan fingerprint density at radius 2 is 2.09 bits per heavy atom. The van der Waals surface area contributed by atoms with E-state index in [-0.39, 0.29) is 12.8 Å². The fraction of sp³-hybridized carbons (Fsp3) is 0.556. The first-order valence-electron chi connectivity index (χ1n) is 9.37. The molecule has 14 heteroatoms. The van der Waals surface area contributed by atoms with Crippen molar-refractivity contribution in [3.63, 3.8) is 0 Å². The molecule has 1 aromatic carbocycles. The molecule has 3 heterocycles. The van der Waals surface area contributed by atoms with Gasteiger partial charge in [0, 0.05) is 9.99 Å². The van der Waals surface area contributed by atoms with E-state index in [1.807, 2.05) is 22.6 Å². The van der Waals surface area contributed by atoms with Gasteiger partial charge >= 0.3 is 27.3 Å². The third kappa shape index (κ3) is 3.84. The number of hydrogen-bond donors (Lipinski definition) is 1. The maximum atomic E-state index is 13.5. The molecule has 0 amide bonds. The van der Waals surface area contributed by atoms with Crippen LogP contribution in [0.15, 0.2) is 18.2 Å². The third-order valence-electron chi connectivity index (χ3n) is 5.59. The average molecular weight is 592 g/mol. The van der Waals surface area contributed by atoms with Gasteiger partial charge in [-0.3, -0.25) is 9.35 Å². The Labute approximate surface area is 193 Å². The topological polar surface area (TPSA) is 125 Å². The van der Waals surface area contributed by atoms with Crippen molar-refractivity contribution >= 4 is 44.6 Å². The maximum Gasteiger partial charge on any atom is 0.400 e. The van der Waals surface area contributed by atoms with Crippen LogP contribution in [0.3, 0.4) is 0 Å². The summed E-state index contributed by atoms with van der Waals surface area (Å²) in [5, 5.41) is -5.02. The molecule has 1 aromatic rings. The summed E-state index contributed by atoms with van der Waals surface area (Å²) in [6.45, 7) is -0.832. The molecule has 4 rings (SSSR count). The molecule has 5 atom stereocenters. The Morgan fingerprint density at radius 3 is 2.72 bits per heavy atom. The van der Waals surface area contributed by atoms with Crippen molar-refractivity contribution < 1.29 is 54.7 Å². The molecule has 1 N–H and O–H groups in total. The molecule has 3 aliphatic rings. The summed E-state index contributed by atoms with van der Waals surface area (Å²) in [5.41, 5.74) is 0.292. The number of halogens is 4. The first kappa shape index (κ1) is 23.5. The molecule has 9 nitrogen and oxygen atoms in total. The number of carbonyl (C=O) groups is 2. The van der Waals surface area contributed by atoms with Crippen molar-refractivity contribution in [1.82, 2.24) is 0 Å². The van der Waals surface area contributed by atoms with E-state index in [0.717, 1.165) is 0 Å². The van der Waals surface area contributed by atoms with Crippen molar-refractivity contribution in [1.29, 1.82) is 0 Å². The minimum absolute atomic E-state index is 0.0284. The normalized spacial score (nSPS) is 29.9. The van der Waals surface area contributed by atoms with Gasteiger partial charge in [-0.05, 0) is 41.1 Å². The third-order valence-corrected chi connectivity index (χ3v) is 7.43. The smallest absolute Gasteiger partial charge is 0.400 e. The quantitative estimate of drug-likeness (QED) is 0.301. The molecular formula is C18H16F3IO9S. The van der Waals surface area contributed by atoms with Gasteiger partial charge in [-0.25, -0.2) is 9.18 Å². The van der Waals surface area contributed by atoms with Crippen molar-refractivity contribution in [3.8, 4) is 5.75 Å². The number of rotatable bonds is 6. The molecule has 0 radical (unpaired) electrons. The fourth-order valence-corrected chi connectivity index (χ4v) is 5.13. The van der Waals surface area contributed by atoms with Crippen LogP contribution in [-0.4, -0.2) is 60.9 Å². The molecule has 2 fully saturated rings. The number of fused-ring (bicyclic) bond motifs is 4. The van der Waals surface area contributed by atoms with Crippen molar-refractivity contribution in [3.05, 3.63) is 27.3 Å². The molecule has 0 aliphatic carbocycles. The first-order chi connectivity index (χ1) is 14.9. The summed E-state index contributed by atoms with van der Waals surface area (Å²) in [5.74, 6) is -3.34. The minimum atomic E-state index is -5.94. The highest BCUT2D eigenvalue weighted by molar-refractivity contribution is 14.1. The maximum absolute atomic E-state index is 13.5. The van der Waals surface area contributed by atoms with Gasteiger partial charge in [0.15, 0.2) is 6.17 Å². The zero-order chi connectivity index (χ0) is 23.5. The van der Waals surface area contributed by atoms with Gasteiger partial charge in [0.25, 0.3) is 5.79 Å². The van der Waals surface area contributed by atoms with E-state index in [9.17, 15) is 31.2 Å². The molecule has 5 unspecified atom stereocenters. The Hall–Kier alpha value is -1.65. The summed E-state index contributed by atoms with van der Waals surface area (Å²) in [6.07, 6.45) is -5.84. The number of benzene rings is 1. The van der Waals surface area contributed by atoms with Crippen LogP contribution in [0.4, 0.5) is 13.2 Å². The van der Waals surface area contributed by atoms with Crippen LogP contribution in [-0.2, 0) is 29.1 Å². The van der Waals surface area contributed by atoms with Gasteiger partial charge in [0.05, 0.1) is 25.0 Å². The Balaban J connectivity index is 1.35. The lowest BCUT2D eigenvalue weighted by Gasteiger charge is -2.39. The molecule has 2 saturated heterocycles. The summed E-state index contributed by atoms with van der Waals surface area (Å²) < 4.78 is 92.0. The highest BCUT2D eigenvalue weighted by Gasteiger charge is 2.64. The molecule has 0 saturated carbocycles. The lowest BCUT2D eigenvalue weighted by atomic mass is 9.84. The van der Waals surface area contributed by atoms with Crippen molar-refractivity contribution in [2.45, 2.75) is 48.7 Å². The number of esters is 2. The summed E-state index contributed by atoms with van der Waals surface area (Å²) in [4.78, 5) is 24.8. The molecular weight excluding hydrogens is 576 g/mol. The summed E-state index contributed by atoms with van der Waals surface area (Å²) >= 11 is 1.98. The van der Waals surface area contributed by atoms with Crippen LogP contribution in [0.2, 0.25) is 0 Å². The van der Waals surface area contributed by atoms with Crippen molar-refractivity contribution in [2.75, 3.05) is 6.61 Å². The Bertz CT molecular complexity index is 1070. The van der Waals surface area contributed by atoms with E-state index < -0.39 is 70.4 Å². The Morgan fingerprint density at radius 1 is 1.38 bits per heavy atom. The standard InChI is InChI=1S/C18H16F3IO9S/c19-12(18(20,21)32(25,26)27)4-5-28-15(23)8-6-13-17(7-11(8)29-13)30-10-3-1-2-9(22)14(10)16(24)31-17/h1-3,8,11-13H,4-7H2,(H,25,26,27). The van der Waals surface area contributed by atoms with Gasteiger partial charge in [0.1, 0.15) is 17.4 Å². The molecule has 3 aliphatic heterocycles. The van der Waals surface area contributed by atoms with Crippen LogP contribution in [0.25, 0.3) is 0 Å². The second-order valence-corrected chi connectivity index (χ2v) is 10.2. The van der Waals surface area contributed by atoms with Gasteiger partial charge in [0.2, 0.25) is 0 Å². The second kappa shape index (κ2) is 7.99. The van der Waals surface area contributed by atoms with Crippen LogP contribution in [0.1, 0.15) is 29.6 Å². The molecule has 1 spiro atoms. The fourth-order valence-electron chi connectivity index (χ4n) is 3.99. The molecule has 0 aromatic heterocycles. The van der Waals surface area contributed by atoms with Crippen LogP contribution < -0.4 is 4.74 Å². The van der Waals surface area contributed by atoms with Crippen LogP contribution in [0, 0.1) is 9.49 Å². The van der Waals surface area contributed by atoms with Crippen LogP contribution in [0.5, 0.6) is 5.75 Å². The lowest BCUT2D eigenvalue weighted by Crippen LogP contribution is -2.53. The van der Waals surface area contributed by atoms with E-state index in [1.54, 1.807) is 18.2 Å². The number of ether oxygens (including phenoxy) is 4. The predicted molar refractivity (Wildman–Crippen MR) is 106 cm³/mol. The van der Waals surface area contributed by atoms with Gasteiger partial charge < -0.3 is 18.9 Å². The lowest BCUT2D eigenvalue weighted by molar-refractivity contribution is -0.186. The van der Waals surface area contributed by atoms with E-state index in [1.165, 1.54) is 0 Å². The van der Waals surface area contributed by atoms with E-state index in [4.69, 9.17) is 23.5 Å². The summed E-state index contributed by atoms with van der Waals surface area (Å²) in [6, 6.07) is 5.05. The van der Waals surface area contributed by atoms with E-state index in [2.05, 4.69) is 0 Å². The SMILES string of the molecule is O=C1OC2(CC3OC2CC3C(=O)OCCC(F)C(F)(F)S(=O)(=O)O)Oc2cccc(I)c21. The van der Waals surface area contributed by atoms with Gasteiger partial charge in [-0.15, -0.1) is 0 Å². The highest BCUT2D eigenvalue weighted by Crippen LogP contribution is 2.51. The molecule has 2 bridgehead atoms. The highest BCUT2D eigenvalue weighted by atomic mass is 127. The van der Waals surface area contributed by atoms with Gasteiger partial charge in [-0.1, -0.05) is 6.07 Å². The molecule has 176 valence electrons. The molecule has 32 heavy (non-hydrogen) atoms. The Kier molecular flexibility index (Phi) is 5.87. The number of alkyl halides is 3. The largest absolute Gasteiger partial charge is 0.465 e. The number of hydrogen-bond acceptors (Lipinski definition) is 8. The van der Waals surface area contributed by atoms with E-state index in [0.29, 0.717) is 14.9 Å². The minimum Gasteiger partial charge on any atom is -0.465 e. The van der Waals surface area contributed by atoms with E-state index >= 15 is 0 Å². The zero-order valence-electron chi connectivity index (χ0n) is 16.0. The first-order valence-corrected chi connectivity index (χ1v) is 11.9. The summed E-state index contributed by atoms with van der Waals surface area (Å²) in [7, 11) is -5.94. The van der Waals surface area contributed by atoms with Crippen molar-refractivity contribution in [2.24, 2.45) is 5.92 Å². The van der Waals surface area contributed by atoms with Gasteiger partial charge in [-0.2, -0.15) is 17.2 Å². The average Bonchev–Trinajstić information content (AvgIpc) is 3.24. The predicted octanol–water partition coefficient (Wildman–Crippen LogP) is 2.47.